The molecule has 0 heterocycles. The van der Waals surface area contributed by atoms with E-state index >= 15 is 0 Å². The lowest BCUT2D eigenvalue weighted by Gasteiger charge is -2.14. The van der Waals surface area contributed by atoms with Crippen molar-refractivity contribution in [3.63, 3.8) is 0 Å². The van der Waals surface area contributed by atoms with Crippen LogP contribution in [-0.4, -0.2) is 0 Å². The first-order valence-corrected chi connectivity index (χ1v) is 5.99. The summed E-state index contributed by atoms with van der Waals surface area (Å²) in [7, 11) is 0. The van der Waals surface area contributed by atoms with Crippen LogP contribution in [0, 0.1) is 0 Å². The molecule has 0 radical (unpaired) electrons. The summed E-state index contributed by atoms with van der Waals surface area (Å²) in [6, 6.07) is 13.3. The molecule has 0 amide bonds. The van der Waals surface area contributed by atoms with Crippen molar-refractivity contribution in [3.05, 3.63) is 48.0 Å². The quantitative estimate of drug-likeness (QED) is 0.805. The van der Waals surface area contributed by atoms with E-state index in [2.05, 4.69) is 19.9 Å². The molecule has 0 unspecified atom stereocenters. The van der Waals surface area contributed by atoms with Crippen LogP contribution >= 0.6 is 0 Å². The molecule has 0 saturated heterocycles. The van der Waals surface area contributed by atoms with Gasteiger partial charge in [-0.15, -0.1) is 0 Å². The molecular weight excluding hydrogens is 224 g/mol. The molecule has 0 spiro atoms. The highest BCUT2D eigenvalue weighted by atomic mass is 16.5. The third kappa shape index (κ3) is 2.56. The van der Waals surface area contributed by atoms with Crippen LogP contribution in [0.1, 0.15) is 25.3 Å². The Morgan fingerprint density at radius 2 is 1.67 bits per heavy atom. The van der Waals surface area contributed by atoms with Crippen molar-refractivity contribution >= 4 is 11.4 Å². The molecule has 3 heteroatoms. The first kappa shape index (κ1) is 12.3. The van der Waals surface area contributed by atoms with E-state index in [1.165, 1.54) is 5.56 Å². The van der Waals surface area contributed by atoms with Crippen molar-refractivity contribution in [2.75, 3.05) is 11.5 Å². The van der Waals surface area contributed by atoms with Crippen LogP contribution in [0.25, 0.3) is 0 Å². The molecule has 4 N–H and O–H groups in total. The van der Waals surface area contributed by atoms with Gasteiger partial charge in [0.1, 0.15) is 11.5 Å². The molecule has 94 valence electrons. The Bertz CT molecular complexity index is 550. The predicted octanol–water partition coefficient (Wildman–Crippen LogP) is 3.77. The molecule has 0 aromatic heterocycles. The van der Waals surface area contributed by atoms with Crippen molar-refractivity contribution in [2.45, 2.75) is 19.8 Å². The number of para-hydroxylation sites is 1. The van der Waals surface area contributed by atoms with Gasteiger partial charge in [-0.05, 0) is 29.7 Å². The average molecular weight is 242 g/mol. The van der Waals surface area contributed by atoms with Crippen LogP contribution in [0.5, 0.6) is 11.5 Å². The van der Waals surface area contributed by atoms with Gasteiger partial charge in [0.15, 0.2) is 0 Å². The molecule has 0 atom stereocenters. The first-order chi connectivity index (χ1) is 8.58. The van der Waals surface area contributed by atoms with Gasteiger partial charge in [-0.25, -0.2) is 0 Å². The van der Waals surface area contributed by atoms with Gasteiger partial charge in [0, 0.05) is 6.07 Å². The summed E-state index contributed by atoms with van der Waals surface area (Å²) < 4.78 is 5.87. The fourth-order valence-corrected chi connectivity index (χ4v) is 1.79. The third-order valence-corrected chi connectivity index (χ3v) is 2.83. The van der Waals surface area contributed by atoms with Crippen molar-refractivity contribution in [1.82, 2.24) is 0 Å². The number of rotatable bonds is 3. The average Bonchev–Trinajstić information content (AvgIpc) is 2.34. The summed E-state index contributed by atoms with van der Waals surface area (Å²) in [4.78, 5) is 0. The molecule has 2 aromatic carbocycles. The van der Waals surface area contributed by atoms with E-state index in [4.69, 9.17) is 16.2 Å². The van der Waals surface area contributed by atoms with Crippen LogP contribution in [-0.2, 0) is 0 Å². The second-order valence-corrected chi connectivity index (χ2v) is 4.59. The maximum Gasteiger partial charge on any atom is 0.130 e. The fourth-order valence-electron chi connectivity index (χ4n) is 1.79. The summed E-state index contributed by atoms with van der Waals surface area (Å²) in [6.45, 7) is 4.28. The summed E-state index contributed by atoms with van der Waals surface area (Å²) in [5, 5.41) is 0. The monoisotopic (exact) mass is 242 g/mol. The molecule has 0 aliphatic rings. The van der Waals surface area contributed by atoms with Gasteiger partial charge in [-0.2, -0.15) is 0 Å². The Hall–Kier alpha value is -2.16. The second-order valence-electron chi connectivity index (χ2n) is 4.59. The SMILES string of the molecule is CC(C)c1ccccc1Oc1ccc(N)c(N)c1. The Morgan fingerprint density at radius 3 is 2.33 bits per heavy atom. The molecule has 0 saturated carbocycles. The van der Waals surface area contributed by atoms with E-state index < -0.39 is 0 Å². The van der Waals surface area contributed by atoms with Crippen LogP contribution in [0.4, 0.5) is 11.4 Å². The number of nitrogens with two attached hydrogens (primary N) is 2. The van der Waals surface area contributed by atoms with Gasteiger partial charge in [0.2, 0.25) is 0 Å². The molecule has 0 aliphatic carbocycles. The largest absolute Gasteiger partial charge is 0.457 e. The molecule has 0 aliphatic heterocycles. The van der Waals surface area contributed by atoms with Gasteiger partial charge >= 0.3 is 0 Å². The highest BCUT2D eigenvalue weighted by Crippen LogP contribution is 2.31. The topological polar surface area (TPSA) is 61.3 Å². The van der Waals surface area contributed by atoms with Crippen LogP contribution in [0.15, 0.2) is 42.5 Å². The summed E-state index contributed by atoms with van der Waals surface area (Å²) in [5.41, 5.74) is 13.7. The molecule has 0 bridgehead atoms. The molecule has 2 aromatic rings. The van der Waals surface area contributed by atoms with Gasteiger partial charge in [0.25, 0.3) is 0 Å². The number of anilines is 2. The number of ether oxygens (including phenoxy) is 1. The second kappa shape index (κ2) is 5.00. The summed E-state index contributed by atoms with van der Waals surface area (Å²) >= 11 is 0. The van der Waals surface area contributed by atoms with Gasteiger partial charge in [-0.3, -0.25) is 0 Å². The lowest BCUT2D eigenvalue weighted by atomic mass is 10.0. The van der Waals surface area contributed by atoms with E-state index in [0.717, 1.165) is 5.75 Å². The van der Waals surface area contributed by atoms with Crippen molar-refractivity contribution < 1.29 is 4.74 Å². The minimum atomic E-state index is 0.410. The summed E-state index contributed by atoms with van der Waals surface area (Å²) in [6.07, 6.45) is 0. The highest BCUT2D eigenvalue weighted by Gasteiger charge is 2.08. The maximum absolute atomic E-state index is 5.87. The van der Waals surface area contributed by atoms with E-state index in [-0.39, 0.29) is 0 Å². The molecule has 0 fully saturated rings. The zero-order valence-electron chi connectivity index (χ0n) is 10.7. The van der Waals surface area contributed by atoms with Gasteiger partial charge < -0.3 is 16.2 Å². The van der Waals surface area contributed by atoms with E-state index in [0.29, 0.717) is 23.0 Å². The zero-order valence-corrected chi connectivity index (χ0v) is 10.7. The predicted molar refractivity (Wildman–Crippen MR) is 75.9 cm³/mol. The Kier molecular flexibility index (Phi) is 3.42. The number of hydrogen-bond donors (Lipinski definition) is 2. The zero-order chi connectivity index (χ0) is 13.1. The van der Waals surface area contributed by atoms with E-state index in [1.807, 2.05) is 24.3 Å². The lowest BCUT2D eigenvalue weighted by molar-refractivity contribution is 0.473. The lowest BCUT2D eigenvalue weighted by Crippen LogP contribution is -1.96. The Labute approximate surface area is 107 Å². The molecule has 18 heavy (non-hydrogen) atoms. The fraction of sp³-hybridized carbons (Fsp3) is 0.200. The molecule has 3 nitrogen and oxygen atoms in total. The van der Waals surface area contributed by atoms with Crippen LogP contribution < -0.4 is 16.2 Å². The minimum Gasteiger partial charge on any atom is -0.457 e. The third-order valence-electron chi connectivity index (χ3n) is 2.83. The standard InChI is InChI=1S/C15H18N2O/c1-10(2)12-5-3-4-6-15(12)18-11-7-8-13(16)14(17)9-11/h3-10H,16-17H2,1-2H3. The number of nitrogen functional groups attached to an aromatic ring is 2. The summed E-state index contributed by atoms with van der Waals surface area (Å²) in [5.74, 6) is 1.97. The maximum atomic E-state index is 5.87. The number of benzene rings is 2. The van der Waals surface area contributed by atoms with Gasteiger partial charge in [-0.1, -0.05) is 32.0 Å². The smallest absolute Gasteiger partial charge is 0.130 e. The van der Waals surface area contributed by atoms with E-state index in [9.17, 15) is 0 Å². The van der Waals surface area contributed by atoms with E-state index in [1.54, 1.807) is 12.1 Å². The Balaban J connectivity index is 2.31. The van der Waals surface area contributed by atoms with Crippen LogP contribution in [0.3, 0.4) is 0 Å². The normalized spacial score (nSPS) is 10.6. The number of hydrogen-bond acceptors (Lipinski definition) is 3. The highest BCUT2D eigenvalue weighted by molar-refractivity contribution is 5.65. The molecule has 2 rings (SSSR count). The van der Waals surface area contributed by atoms with Crippen molar-refractivity contribution in [3.8, 4) is 11.5 Å². The minimum absolute atomic E-state index is 0.410. The van der Waals surface area contributed by atoms with Gasteiger partial charge in [0.05, 0.1) is 11.4 Å². The molecular formula is C15H18N2O. The Morgan fingerprint density at radius 1 is 0.944 bits per heavy atom. The first-order valence-electron chi connectivity index (χ1n) is 5.99. The van der Waals surface area contributed by atoms with Crippen molar-refractivity contribution in [2.24, 2.45) is 0 Å². The van der Waals surface area contributed by atoms with Crippen molar-refractivity contribution in [1.29, 1.82) is 0 Å². The van der Waals surface area contributed by atoms with Crippen LogP contribution in [0.2, 0.25) is 0 Å².